The Kier molecular flexibility index (Phi) is 4.70. The standard InChI is InChI=1S/C22H28N2O4/c1-4-21(10-9-17(25)27-2)13-14(19(26)28-3)18-22(11-12-23-20(21)22)15-7-5-6-8-16(15)24-18/h5-8,20,23-24H,4,9-13H2,1-3H3/t20-,21-,22-/m0/s1. The Morgan fingerprint density at radius 2 is 2.00 bits per heavy atom. The molecule has 1 fully saturated rings. The maximum absolute atomic E-state index is 12.8. The highest BCUT2D eigenvalue weighted by Crippen LogP contribution is 2.61. The molecule has 2 N–H and O–H groups in total. The highest BCUT2D eigenvalue weighted by Gasteiger charge is 2.62. The molecule has 28 heavy (non-hydrogen) atoms. The molecule has 0 unspecified atom stereocenters. The zero-order valence-electron chi connectivity index (χ0n) is 16.8. The highest BCUT2D eigenvalue weighted by molar-refractivity contribution is 5.93. The van der Waals surface area contributed by atoms with Crippen molar-refractivity contribution in [2.45, 2.75) is 50.5 Å². The molecule has 3 aliphatic rings. The van der Waals surface area contributed by atoms with Crippen molar-refractivity contribution >= 4 is 17.6 Å². The topological polar surface area (TPSA) is 76.7 Å². The third-order valence-electron chi connectivity index (χ3n) is 7.11. The van der Waals surface area contributed by atoms with Gasteiger partial charge in [-0.1, -0.05) is 25.1 Å². The second-order valence-corrected chi connectivity index (χ2v) is 8.09. The summed E-state index contributed by atoms with van der Waals surface area (Å²) in [6.07, 6.45) is 3.38. The minimum Gasteiger partial charge on any atom is -0.469 e. The summed E-state index contributed by atoms with van der Waals surface area (Å²) in [4.78, 5) is 24.8. The highest BCUT2D eigenvalue weighted by atomic mass is 16.5. The van der Waals surface area contributed by atoms with Gasteiger partial charge in [-0.05, 0) is 49.3 Å². The number of rotatable bonds is 5. The van der Waals surface area contributed by atoms with Crippen LogP contribution >= 0.6 is 0 Å². The van der Waals surface area contributed by atoms with Crippen molar-refractivity contribution in [2.75, 3.05) is 26.1 Å². The van der Waals surface area contributed by atoms with Gasteiger partial charge >= 0.3 is 11.9 Å². The zero-order valence-corrected chi connectivity index (χ0v) is 16.8. The Bertz CT molecular complexity index is 849. The molecule has 2 aliphatic heterocycles. The Morgan fingerprint density at radius 1 is 1.21 bits per heavy atom. The molecule has 0 saturated carbocycles. The van der Waals surface area contributed by atoms with Crippen LogP contribution in [0.1, 0.15) is 44.6 Å². The van der Waals surface area contributed by atoms with Gasteiger partial charge in [-0.2, -0.15) is 0 Å². The molecule has 150 valence electrons. The Morgan fingerprint density at radius 3 is 2.71 bits per heavy atom. The number of benzene rings is 1. The number of methoxy groups -OCH3 is 2. The number of hydrogen-bond donors (Lipinski definition) is 2. The maximum Gasteiger partial charge on any atom is 0.335 e. The van der Waals surface area contributed by atoms with Crippen molar-refractivity contribution in [1.82, 2.24) is 5.32 Å². The fourth-order valence-electron chi connectivity index (χ4n) is 5.77. The smallest absolute Gasteiger partial charge is 0.335 e. The molecule has 0 bridgehead atoms. The number of esters is 2. The van der Waals surface area contributed by atoms with Crippen LogP contribution in [0.3, 0.4) is 0 Å². The van der Waals surface area contributed by atoms with E-state index in [-0.39, 0.29) is 28.8 Å². The van der Waals surface area contributed by atoms with Crippen molar-refractivity contribution in [1.29, 1.82) is 0 Å². The normalized spacial score (nSPS) is 30.2. The monoisotopic (exact) mass is 384 g/mol. The fourth-order valence-corrected chi connectivity index (χ4v) is 5.77. The van der Waals surface area contributed by atoms with E-state index in [9.17, 15) is 9.59 Å². The van der Waals surface area contributed by atoms with Crippen LogP contribution in [-0.2, 0) is 24.5 Å². The van der Waals surface area contributed by atoms with Gasteiger partial charge in [-0.25, -0.2) is 4.79 Å². The Balaban J connectivity index is 1.89. The van der Waals surface area contributed by atoms with Gasteiger partial charge in [0.05, 0.1) is 25.2 Å². The summed E-state index contributed by atoms with van der Waals surface area (Å²) in [5.41, 5.74) is 3.48. The summed E-state index contributed by atoms with van der Waals surface area (Å²) >= 11 is 0. The molecular formula is C22H28N2O4. The third kappa shape index (κ3) is 2.50. The molecule has 3 atom stereocenters. The van der Waals surface area contributed by atoms with E-state index in [0.717, 1.165) is 30.8 Å². The largest absolute Gasteiger partial charge is 0.469 e. The van der Waals surface area contributed by atoms with Crippen molar-refractivity contribution in [2.24, 2.45) is 5.41 Å². The fraction of sp³-hybridized carbons (Fsp3) is 0.545. The van der Waals surface area contributed by atoms with Crippen LogP contribution in [0.15, 0.2) is 35.5 Å². The number of ether oxygens (including phenoxy) is 2. The molecule has 0 radical (unpaired) electrons. The third-order valence-corrected chi connectivity index (χ3v) is 7.11. The van der Waals surface area contributed by atoms with Crippen LogP contribution in [0, 0.1) is 5.41 Å². The number of anilines is 1. The van der Waals surface area contributed by atoms with Crippen LogP contribution in [0.5, 0.6) is 0 Å². The summed E-state index contributed by atoms with van der Waals surface area (Å²) in [6.45, 7) is 3.03. The number of carbonyl (C=O) groups is 2. The van der Waals surface area contributed by atoms with Gasteiger partial charge < -0.3 is 20.1 Å². The first-order valence-corrected chi connectivity index (χ1v) is 10.0. The Hall–Kier alpha value is -2.34. The number of hydrogen-bond acceptors (Lipinski definition) is 6. The lowest BCUT2D eigenvalue weighted by Gasteiger charge is -2.50. The van der Waals surface area contributed by atoms with E-state index in [2.05, 4.69) is 35.8 Å². The van der Waals surface area contributed by atoms with Gasteiger partial charge in [0.1, 0.15) is 0 Å². The average Bonchev–Trinajstić information content (AvgIpc) is 3.32. The number of nitrogens with one attached hydrogen (secondary N) is 2. The number of fused-ring (bicyclic) bond motifs is 1. The molecule has 6 nitrogen and oxygen atoms in total. The van der Waals surface area contributed by atoms with Gasteiger partial charge in [0.25, 0.3) is 0 Å². The van der Waals surface area contributed by atoms with E-state index >= 15 is 0 Å². The molecular weight excluding hydrogens is 356 g/mol. The molecule has 2 heterocycles. The summed E-state index contributed by atoms with van der Waals surface area (Å²) in [6, 6.07) is 8.45. The number of para-hydroxylation sites is 1. The molecule has 1 spiro atoms. The van der Waals surface area contributed by atoms with Crippen molar-refractivity contribution < 1.29 is 19.1 Å². The van der Waals surface area contributed by atoms with Gasteiger partial charge in [-0.3, -0.25) is 4.79 Å². The van der Waals surface area contributed by atoms with E-state index in [4.69, 9.17) is 9.47 Å². The van der Waals surface area contributed by atoms with Crippen molar-refractivity contribution in [3.05, 3.63) is 41.1 Å². The van der Waals surface area contributed by atoms with Crippen LogP contribution in [0.4, 0.5) is 5.69 Å². The molecule has 6 heteroatoms. The maximum atomic E-state index is 12.8. The predicted molar refractivity (Wildman–Crippen MR) is 106 cm³/mol. The molecule has 1 aromatic carbocycles. The second-order valence-electron chi connectivity index (χ2n) is 8.09. The van der Waals surface area contributed by atoms with Crippen molar-refractivity contribution in [3.63, 3.8) is 0 Å². The quantitative estimate of drug-likeness (QED) is 0.761. The first kappa shape index (κ1) is 19.0. The van der Waals surface area contributed by atoms with Crippen LogP contribution in [0.25, 0.3) is 0 Å². The van der Waals surface area contributed by atoms with E-state index in [1.807, 2.05) is 6.07 Å². The van der Waals surface area contributed by atoms with Crippen LogP contribution < -0.4 is 10.6 Å². The summed E-state index contributed by atoms with van der Waals surface area (Å²) in [5, 5.41) is 7.29. The first-order chi connectivity index (χ1) is 13.5. The summed E-state index contributed by atoms with van der Waals surface area (Å²) in [7, 11) is 2.86. The van der Waals surface area contributed by atoms with Gasteiger partial charge in [0.15, 0.2) is 0 Å². The van der Waals surface area contributed by atoms with Gasteiger partial charge in [0, 0.05) is 23.8 Å². The van der Waals surface area contributed by atoms with E-state index < -0.39 is 0 Å². The average molecular weight is 384 g/mol. The van der Waals surface area contributed by atoms with E-state index in [1.54, 1.807) is 0 Å². The summed E-state index contributed by atoms with van der Waals surface area (Å²) in [5.74, 6) is -0.491. The van der Waals surface area contributed by atoms with Crippen LogP contribution in [-0.4, -0.2) is 38.7 Å². The predicted octanol–water partition coefficient (Wildman–Crippen LogP) is 2.89. The summed E-state index contributed by atoms with van der Waals surface area (Å²) < 4.78 is 10.1. The first-order valence-electron chi connectivity index (χ1n) is 10.0. The molecule has 4 rings (SSSR count). The molecule has 0 aromatic heterocycles. The van der Waals surface area contributed by atoms with Gasteiger partial charge in [-0.15, -0.1) is 0 Å². The van der Waals surface area contributed by atoms with E-state index in [0.29, 0.717) is 24.8 Å². The van der Waals surface area contributed by atoms with E-state index in [1.165, 1.54) is 19.8 Å². The lowest BCUT2D eigenvalue weighted by atomic mass is 9.55. The lowest BCUT2D eigenvalue weighted by Crippen LogP contribution is -2.56. The minimum absolute atomic E-state index is 0.147. The van der Waals surface area contributed by atoms with Gasteiger partial charge in [0.2, 0.25) is 0 Å². The molecule has 1 saturated heterocycles. The SMILES string of the molecule is CC[C@]1(CCC(=O)OC)CC(C(=O)OC)=C2Nc3ccccc3[C@@]23CCN[C@@H]13. The Labute approximate surface area is 165 Å². The lowest BCUT2D eigenvalue weighted by molar-refractivity contribution is -0.141. The minimum atomic E-state index is -0.287. The second kappa shape index (κ2) is 6.92. The molecule has 1 aliphatic carbocycles. The zero-order chi connectivity index (χ0) is 19.9. The molecule has 0 amide bonds. The molecule has 1 aromatic rings. The van der Waals surface area contributed by atoms with Crippen molar-refractivity contribution in [3.8, 4) is 0 Å². The van der Waals surface area contributed by atoms with Crippen LogP contribution in [0.2, 0.25) is 0 Å². The number of carbonyl (C=O) groups excluding carboxylic acids is 2.